The first kappa shape index (κ1) is 20.4. The van der Waals surface area contributed by atoms with E-state index in [1.54, 1.807) is 17.1 Å². The number of aromatic nitrogens is 3. The Morgan fingerprint density at radius 1 is 1.32 bits per heavy atom. The molecule has 1 heterocycles. The van der Waals surface area contributed by atoms with E-state index in [9.17, 15) is 5.11 Å². The largest absolute Gasteiger partial charge is 0.390 e. The van der Waals surface area contributed by atoms with Crippen molar-refractivity contribution in [3.8, 4) is 0 Å². The van der Waals surface area contributed by atoms with Crippen LogP contribution in [0.1, 0.15) is 45.7 Å². The normalized spacial score (nSPS) is 15.8. The van der Waals surface area contributed by atoms with E-state index in [1.807, 2.05) is 32.9 Å². The van der Waals surface area contributed by atoms with Crippen molar-refractivity contribution in [2.45, 2.75) is 52.7 Å². The van der Waals surface area contributed by atoms with Crippen LogP contribution in [0.3, 0.4) is 0 Å². The molecule has 138 valence electrons. The number of hydrogen-bond acceptors (Lipinski definition) is 3. The van der Waals surface area contributed by atoms with Crippen LogP contribution in [0.15, 0.2) is 24.5 Å². The van der Waals surface area contributed by atoms with E-state index in [0.717, 1.165) is 18.4 Å². The number of hydrogen-bond donors (Lipinski definition) is 2. The quantitative estimate of drug-likeness (QED) is 0.631. The monoisotopic (exact) mass is 401 g/mol. The number of benzene rings is 1. The van der Waals surface area contributed by atoms with E-state index in [0.29, 0.717) is 14.8 Å². The zero-order valence-corrected chi connectivity index (χ0v) is 17.3. The molecule has 0 radical (unpaired) electrons. The first-order chi connectivity index (χ1) is 11.6. The molecule has 4 nitrogen and oxygen atoms in total. The van der Waals surface area contributed by atoms with Crippen molar-refractivity contribution in [1.29, 1.82) is 0 Å². The third-order valence-corrected chi connectivity index (χ3v) is 5.28. The minimum absolute atomic E-state index is 0.184. The topological polar surface area (TPSA) is 53.8 Å². The molecule has 1 unspecified atom stereocenters. The second-order valence-corrected chi connectivity index (χ2v) is 8.91. The Labute approximate surface area is 164 Å². The number of nitrogens with zero attached hydrogens (tertiary/aromatic N) is 2. The third kappa shape index (κ3) is 5.30. The van der Waals surface area contributed by atoms with Crippen molar-refractivity contribution < 1.29 is 5.11 Å². The Morgan fingerprint density at radius 2 is 2.00 bits per heavy atom. The van der Waals surface area contributed by atoms with Crippen molar-refractivity contribution in [3.05, 3.63) is 44.9 Å². The van der Waals surface area contributed by atoms with Crippen LogP contribution in [0.5, 0.6) is 0 Å². The van der Waals surface area contributed by atoms with Gasteiger partial charge in [-0.25, -0.2) is 4.98 Å². The Morgan fingerprint density at radius 3 is 2.52 bits per heavy atom. The fourth-order valence-electron chi connectivity index (χ4n) is 3.01. The summed E-state index contributed by atoms with van der Waals surface area (Å²) < 4.78 is 2.23. The van der Waals surface area contributed by atoms with Crippen molar-refractivity contribution in [1.82, 2.24) is 14.8 Å². The number of H-pyrrole nitrogens is 1. The van der Waals surface area contributed by atoms with Crippen LogP contribution in [0.4, 0.5) is 0 Å². The molecule has 1 aromatic carbocycles. The van der Waals surface area contributed by atoms with Crippen LogP contribution < -0.4 is 0 Å². The van der Waals surface area contributed by atoms with Gasteiger partial charge in [-0.15, -0.1) is 0 Å². The minimum Gasteiger partial charge on any atom is -0.390 e. The zero-order chi connectivity index (χ0) is 18.8. The molecule has 0 amide bonds. The summed E-state index contributed by atoms with van der Waals surface area (Å²) >= 11 is 17.6. The molecule has 25 heavy (non-hydrogen) atoms. The molecule has 3 atom stereocenters. The SMILES string of the molecule is CC(Cc1ccc(Cl)cc1Cl)C[C@H]([C@H](O)C(C)(C)C)n1[nH]cnc1=S. The zero-order valence-electron chi connectivity index (χ0n) is 15.0. The number of aromatic amines is 1. The van der Waals surface area contributed by atoms with E-state index in [4.69, 9.17) is 35.4 Å². The molecule has 0 aliphatic heterocycles. The maximum absolute atomic E-state index is 10.9. The van der Waals surface area contributed by atoms with Crippen LogP contribution in [-0.2, 0) is 6.42 Å². The average Bonchev–Trinajstić information content (AvgIpc) is 2.92. The van der Waals surface area contributed by atoms with Gasteiger partial charge in [0.2, 0.25) is 4.77 Å². The van der Waals surface area contributed by atoms with Gasteiger partial charge < -0.3 is 5.11 Å². The van der Waals surface area contributed by atoms with Crippen LogP contribution in [0, 0.1) is 16.1 Å². The molecule has 0 aliphatic rings. The molecule has 0 spiro atoms. The van der Waals surface area contributed by atoms with E-state index in [2.05, 4.69) is 17.0 Å². The number of rotatable bonds is 6. The van der Waals surface area contributed by atoms with Crippen LogP contribution in [0.25, 0.3) is 0 Å². The van der Waals surface area contributed by atoms with Gasteiger partial charge >= 0.3 is 0 Å². The Bertz CT molecular complexity index is 766. The molecular formula is C18H25Cl2N3OS. The van der Waals surface area contributed by atoms with Crippen LogP contribution >= 0.6 is 35.4 Å². The van der Waals surface area contributed by atoms with Gasteiger partial charge in [0.1, 0.15) is 6.33 Å². The smallest absolute Gasteiger partial charge is 0.216 e. The summed E-state index contributed by atoms with van der Waals surface area (Å²) in [5, 5.41) is 15.2. The Hall–Kier alpha value is -0.880. The lowest BCUT2D eigenvalue weighted by molar-refractivity contribution is 0.00389. The summed E-state index contributed by atoms with van der Waals surface area (Å²) in [7, 11) is 0. The standard InChI is InChI=1S/C18H25Cl2N3OS/c1-11(7-12-5-6-13(19)9-14(12)20)8-15(16(24)18(2,3)4)23-17(25)21-10-22-23/h5-6,9-11,15-16,24H,7-8H2,1-4H3,(H,21,22,25)/t11?,15-,16+/m1/s1. The molecule has 0 aliphatic carbocycles. The fourth-order valence-corrected chi connectivity index (χ4v) is 3.74. The number of nitrogens with one attached hydrogen (secondary N) is 1. The molecular weight excluding hydrogens is 377 g/mol. The molecule has 7 heteroatoms. The Balaban J connectivity index is 2.21. The van der Waals surface area contributed by atoms with E-state index in [1.165, 1.54) is 0 Å². The lowest BCUT2D eigenvalue weighted by Crippen LogP contribution is -2.37. The van der Waals surface area contributed by atoms with E-state index >= 15 is 0 Å². The molecule has 0 saturated carbocycles. The van der Waals surface area contributed by atoms with Gasteiger partial charge in [-0.1, -0.05) is 57.0 Å². The lowest BCUT2D eigenvalue weighted by atomic mass is 9.81. The Kier molecular flexibility index (Phi) is 6.71. The molecule has 2 aromatic rings. The molecule has 2 N–H and O–H groups in total. The van der Waals surface area contributed by atoms with Crippen molar-refractivity contribution in [3.63, 3.8) is 0 Å². The first-order valence-corrected chi connectivity index (χ1v) is 9.50. The van der Waals surface area contributed by atoms with Gasteiger partial charge in [0.25, 0.3) is 0 Å². The van der Waals surface area contributed by atoms with Gasteiger partial charge in [-0.3, -0.25) is 9.78 Å². The van der Waals surface area contributed by atoms with Gasteiger partial charge in [0.05, 0.1) is 12.1 Å². The summed E-state index contributed by atoms with van der Waals surface area (Å²) in [5.74, 6) is 0.283. The summed E-state index contributed by atoms with van der Waals surface area (Å²) in [6.07, 6.45) is 2.53. The molecule has 0 saturated heterocycles. The highest BCUT2D eigenvalue weighted by Crippen LogP contribution is 2.34. The molecule has 1 aromatic heterocycles. The van der Waals surface area contributed by atoms with Crippen molar-refractivity contribution in [2.75, 3.05) is 0 Å². The molecule has 0 bridgehead atoms. The highest BCUT2D eigenvalue weighted by molar-refractivity contribution is 7.71. The van der Waals surface area contributed by atoms with Gasteiger partial charge in [-0.05, 0) is 54.1 Å². The summed E-state index contributed by atoms with van der Waals surface area (Å²) in [6, 6.07) is 5.38. The maximum Gasteiger partial charge on any atom is 0.216 e. The number of halogens is 2. The van der Waals surface area contributed by atoms with Gasteiger partial charge in [0.15, 0.2) is 0 Å². The van der Waals surface area contributed by atoms with Crippen LogP contribution in [-0.4, -0.2) is 26.0 Å². The lowest BCUT2D eigenvalue weighted by Gasteiger charge is -2.34. The highest BCUT2D eigenvalue weighted by atomic mass is 35.5. The van der Waals surface area contributed by atoms with Crippen molar-refractivity contribution >= 4 is 35.4 Å². The van der Waals surface area contributed by atoms with Gasteiger partial charge in [-0.2, -0.15) is 0 Å². The summed E-state index contributed by atoms with van der Waals surface area (Å²) in [6.45, 7) is 8.20. The van der Waals surface area contributed by atoms with E-state index in [-0.39, 0.29) is 17.4 Å². The van der Waals surface area contributed by atoms with Gasteiger partial charge in [0, 0.05) is 10.0 Å². The van der Waals surface area contributed by atoms with Crippen LogP contribution in [0.2, 0.25) is 10.0 Å². The second-order valence-electron chi connectivity index (χ2n) is 7.70. The van der Waals surface area contributed by atoms with E-state index < -0.39 is 6.10 Å². The molecule has 2 rings (SSSR count). The number of aliphatic hydroxyl groups excluding tert-OH is 1. The average molecular weight is 402 g/mol. The highest BCUT2D eigenvalue weighted by Gasteiger charge is 2.33. The van der Waals surface area contributed by atoms with Crippen molar-refractivity contribution in [2.24, 2.45) is 11.3 Å². The first-order valence-electron chi connectivity index (χ1n) is 8.33. The summed E-state index contributed by atoms with van der Waals surface area (Å²) in [5.41, 5.74) is 0.776. The summed E-state index contributed by atoms with van der Waals surface area (Å²) in [4.78, 5) is 4.09. The molecule has 0 fully saturated rings. The minimum atomic E-state index is -0.567. The fraction of sp³-hybridized carbons (Fsp3) is 0.556. The number of aliphatic hydroxyl groups is 1. The maximum atomic E-state index is 10.9. The second kappa shape index (κ2) is 8.21. The third-order valence-electron chi connectivity index (χ3n) is 4.39. The predicted molar refractivity (Wildman–Crippen MR) is 106 cm³/mol. The predicted octanol–water partition coefficient (Wildman–Crippen LogP) is 5.46.